The molecular weight excluding hydrogens is 456 g/mol. The predicted octanol–water partition coefficient (Wildman–Crippen LogP) is 5.46. The monoisotopic (exact) mass is 486 g/mol. The fourth-order valence-electron chi connectivity index (χ4n) is 3.37. The highest BCUT2D eigenvalue weighted by Crippen LogP contribution is 2.39. The summed E-state index contributed by atoms with van der Waals surface area (Å²) in [6, 6.07) is 7.09. The van der Waals surface area contributed by atoms with Crippen molar-refractivity contribution in [2.45, 2.75) is 40.8 Å². The molecule has 1 aromatic carbocycles. The van der Waals surface area contributed by atoms with Crippen LogP contribution in [0.4, 0.5) is 10.7 Å². The van der Waals surface area contributed by atoms with Crippen molar-refractivity contribution in [1.29, 1.82) is 0 Å². The molecular formula is C25H30N2O6S. The van der Waals surface area contributed by atoms with Crippen LogP contribution in [-0.2, 0) is 14.3 Å². The molecule has 1 aliphatic rings. The highest BCUT2D eigenvalue weighted by molar-refractivity contribution is 7.18. The Kier molecular flexibility index (Phi) is 8.36. The first kappa shape index (κ1) is 25.3. The summed E-state index contributed by atoms with van der Waals surface area (Å²) in [5.74, 6) is 0.567. The number of nitrogens with zero attached hydrogens (tertiary/aromatic N) is 1. The second-order valence-electron chi connectivity index (χ2n) is 7.49. The van der Waals surface area contributed by atoms with E-state index in [1.807, 2.05) is 39.8 Å². The average molecular weight is 487 g/mol. The van der Waals surface area contributed by atoms with Crippen LogP contribution in [0.25, 0.3) is 0 Å². The van der Waals surface area contributed by atoms with E-state index < -0.39 is 12.2 Å². The molecule has 0 saturated heterocycles. The highest BCUT2D eigenvalue weighted by atomic mass is 32.1. The van der Waals surface area contributed by atoms with Gasteiger partial charge in [-0.15, -0.1) is 11.3 Å². The van der Waals surface area contributed by atoms with E-state index >= 15 is 0 Å². The van der Waals surface area contributed by atoms with Crippen molar-refractivity contribution >= 4 is 33.9 Å². The normalized spacial score (nSPS) is 15.1. The van der Waals surface area contributed by atoms with E-state index in [0.29, 0.717) is 34.3 Å². The molecule has 1 aromatic heterocycles. The summed E-state index contributed by atoms with van der Waals surface area (Å²) < 4.78 is 16.5. The van der Waals surface area contributed by atoms with Crippen LogP contribution in [0.2, 0.25) is 0 Å². The Morgan fingerprint density at radius 2 is 1.82 bits per heavy atom. The van der Waals surface area contributed by atoms with Crippen molar-refractivity contribution in [2.24, 2.45) is 0 Å². The third kappa shape index (κ3) is 5.43. The molecule has 2 heterocycles. The van der Waals surface area contributed by atoms with Gasteiger partial charge in [0.25, 0.3) is 5.91 Å². The number of hydrogen-bond donors (Lipinski definition) is 1. The zero-order chi connectivity index (χ0) is 24.8. The Bertz CT molecular complexity index is 1100. The molecule has 0 spiro atoms. The van der Waals surface area contributed by atoms with Gasteiger partial charge in [-0.2, -0.15) is 5.06 Å². The molecule has 0 saturated carbocycles. The number of rotatable bonds is 9. The Morgan fingerprint density at radius 3 is 2.41 bits per heavy atom. The third-order valence-electron chi connectivity index (χ3n) is 5.21. The fraction of sp³-hybridized carbons (Fsp3) is 0.360. The van der Waals surface area contributed by atoms with Gasteiger partial charge in [-0.25, -0.2) is 4.79 Å². The number of nitrogens with one attached hydrogen (secondary N) is 1. The largest absolute Gasteiger partial charge is 0.494 e. The van der Waals surface area contributed by atoms with Gasteiger partial charge in [-0.05, 0) is 76.1 Å². The lowest BCUT2D eigenvalue weighted by Gasteiger charge is -2.32. The maximum Gasteiger partial charge on any atom is 0.341 e. The number of hydrogen-bond acceptors (Lipinski definition) is 8. The van der Waals surface area contributed by atoms with Gasteiger partial charge in [0.15, 0.2) is 0 Å². The number of carbonyl (C=O) groups is 2. The molecule has 2 aromatic rings. The quantitative estimate of drug-likeness (QED) is 0.372. The summed E-state index contributed by atoms with van der Waals surface area (Å²) in [6.07, 6.45) is 3.17. The average Bonchev–Trinajstić information content (AvgIpc) is 3.17. The number of thiophene rings is 1. The second-order valence-corrected chi connectivity index (χ2v) is 8.49. The van der Waals surface area contributed by atoms with Crippen molar-refractivity contribution in [3.63, 3.8) is 0 Å². The van der Waals surface area contributed by atoms with Crippen molar-refractivity contribution in [3.05, 3.63) is 63.8 Å². The summed E-state index contributed by atoms with van der Waals surface area (Å²) in [7, 11) is 1.31. The van der Waals surface area contributed by atoms with Crippen LogP contribution in [0.1, 0.15) is 53.3 Å². The van der Waals surface area contributed by atoms with Crippen LogP contribution in [0.5, 0.6) is 5.75 Å². The lowest BCUT2D eigenvalue weighted by atomic mass is 10.1. The first-order chi connectivity index (χ1) is 16.3. The summed E-state index contributed by atoms with van der Waals surface area (Å²) in [5, 5.41) is 4.83. The van der Waals surface area contributed by atoms with Gasteiger partial charge in [-0.3, -0.25) is 9.63 Å². The Labute approximate surface area is 203 Å². The second kappa shape index (κ2) is 11.2. The van der Waals surface area contributed by atoms with Crippen LogP contribution in [0, 0.1) is 6.92 Å². The highest BCUT2D eigenvalue weighted by Gasteiger charge is 2.33. The van der Waals surface area contributed by atoms with Gasteiger partial charge in [0.05, 0.1) is 31.0 Å². The van der Waals surface area contributed by atoms with E-state index in [9.17, 15) is 9.59 Å². The first-order valence-electron chi connectivity index (χ1n) is 11.0. The Morgan fingerprint density at radius 1 is 1.12 bits per heavy atom. The number of benzene rings is 1. The fourth-order valence-corrected chi connectivity index (χ4v) is 4.55. The lowest BCUT2D eigenvalue weighted by molar-refractivity contribution is 0.0159. The number of methoxy groups -OCH3 is 1. The van der Waals surface area contributed by atoms with Crippen LogP contribution >= 0.6 is 11.3 Å². The molecule has 0 aliphatic carbocycles. The molecule has 1 N–H and O–H groups in total. The molecule has 1 atom stereocenters. The maximum atomic E-state index is 13.2. The van der Waals surface area contributed by atoms with Crippen molar-refractivity contribution in [2.75, 3.05) is 30.7 Å². The van der Waals surface area contributed by atoms with E-state index in [2.05, 4.69) is 5.32 Å². The smallest absolute Gasteiger partial charge is 0.341 e. The number of esters is 1. The van der Waals surface area contributed by atoms with Gasteiger partial charge in [0.2, 0.25) is 6.23 Å². The SMILES string of the molecule is CCOc1ccc(NC(=O)c2sc(N(OCC)C3C=CC(C)=C(C)O3)c(C(=O)OC)c2C)cc1. The predicted molar refractivity (Wildman–Crippen MR) is 132 cm³/mol. The summed E-state index contributed by atoms with van der Waals surface area (Å²) in [4.78, 5) is 32.2. The molecule has 8 nitrogen and oxygen atoms in total. The number of carbonyl (C=O) groups excluding carboxylic acids is 2. The van der Waals surface area contributed by atoms with E-state index in [-0.39, 0.29) is 11.5 Å². The maximum absolute atomic E-state index is 13.2. The molecule has 3 rings (SSSR count). The molecule has 0 fully saturated rings. The van der Waals surface area contributed by atoms with Gasteiger partial charge >= 0.3 is 5.97 Å². The van der Waals surface area contributed by atoms with E-state index in [0.717, 1.165) is 28.4 Å². The van der Waals surface area contributed by atoms with Crippen molar-refractivity contribution < 1.29 is 28.6 Å². The standard InChI is InChI=1S/C25H30N2O6S/c1-7-31-19-12-10-18(11-13-19)26-23(28)22-16(4)21(25(29)30-6)24(34-22)27(32-8-2)20-14-9-15(3)17(5)33-20/h9-14,20H,7-8H2,1-6H3,(H,26,28). The minimum atomic E-state index is -0.605. The number of ether oxygens (including phenoxy) is 3. The van der Waals surface area contributed by atoms with Crippen LogP contribution in [-0.4, -0.2) is 38.4 Å². The molecule has 1 amide bonds. The summed E-state index contributed by atoms with van der Waals surface area (Å²) >= 11 is 1.15. The lowest BCUT2D eigenvalue weighted by Crippen LogP contribution is -2.37. The first-order valence-corrected chi connectivity index (χ1v) is 11.8. The van der Waals surface area contributed by atoms with Gasteiger partial charge < -0.3 is 19.5 Å². The van der Waals surface area contributed by atoms with Crippen LogP contribution < -0.4 is 15.1 Å². The number of hydroxylamine groups is 1. The minimum absolute atomic E-state index is 0.263. The van der Waals surface area contributed by atoms with E-state index in [1.54, 1.807) is 31.2 Å². The molecule has 1 aliphatic heterocycles. The zero-order valence-corrected chi connectivity index (χ0v) is 21.1. The van der Waals surface area contributed by atoms with Crippen molar-refractivity contribution in [1.82, 2.24) is 0 Å². The number of allylic oxidation sites excluding steroid dienone is 3. The van der Waals surface area contributed by atoms with E-state index in [1.165, 1.54) is 12.2 Å². The number of amides is 1. The van der Waals surface area contributed by atoms with Crippen molar-refractivity contribution in [3.8, 4) is 5.75 Å². The third-order valence-corrected chi connectivity index (χ3v) is 6.48. The molecule has 0 radical (unpaired) electrons. The molecule has 9 heteroatoms. The van der Waals surface area contributed by atoms with Gasteiger partial charge in [0, 0.05) is 5.69 Å². The zero-order valence-electron chi connectivity index (χ0n) is 20.3. The summed E-state index contributed by atoms with van der Waals surface area (Å²) in [6.45, 7) is 10.2. The van der Waals surface area contributed by atoms with Gasteiger partial charge in [0.1, 0.15) is 16.3 Å². The molecule has 1 unspecified atom stereocenters. The molecule has 34 heavy (non-hydrogen) atoms. The molecule has 0 bridgehead atoms. The summed E-state index contributed by atoms with van der Waals surface area (Å²) in [5.41, 5.74) is 2.37. The Balaban J connectivity index is 1.97. The minimum Gasteiger partial charge on any atom is -0.494 e. The Hall–Kier alpha value is -3.30. The molecule has 182 valence electrons. The van der Waals surface area contributed by atoms with Crippen LogP contribution in [0.3, 0.4) is 0 Å². The van der Waals surface area contributed by atoms with Gasteiger partial charge in [-0.1, -0.05) is 6.08 Å². The van der Waals surface area contributed by atoms with E-state index in [4.69, 9.17) is 19.0 Å². The topological polar surface area (TPSA) is 86.3 Å². The van der Waals surface area contributed by atoms with Crippen LogP contribution in [0.15, 0.2) is 47.7 Å². The number of anilines is 2.